The topological polar surface area (TPSA) is 76.4 Å². The summed E-state index contributed by atoms with van der Waals surface area (Å²) in [6.07, 6.45) is 1.75. The monoisotopic (exact) mass is 330 g/mol. The summed E-state index contributed by atoms with van der Waals surface area (Å²) in [6.45, 7) is 0. The maximum Gasteiger partial charge on any atom is 0.170 e. The van der Waals surface area contributed by atoms with Gasteiger partial charge in [0.25, 0.3) is 0 Å². The van der Waals surface area contributed by atoms with Crippen LogP contribution < -0.4 is 5.73 Å². The molecule has 100 valence electrons. The molecular weight excluding hydrogens is 320 g/mol. The summed E-state index contributed by atoms with van der Waals surface area (Å²) in [6, 6.07) is 13.4. The number of aromatic nitrogens is 2. The summed E-state index contributed by atoms with van der Waals surface area (Å²) < 4.78 is 2.94. The van der Waals surface area contributed by atoms with E-state index in [2.05, 4.69) is 26.1 Å². The van der Waals surface area contributed by atoms with Crippen molar-refractivity contribution in [1.82, 2.24) is 9.55 Å². The van der Waals surface area contributed by atoms with Gasteiger partial charge in [-0.05, 0) is 36.4 Å². The molecule has 0 fully saturated rings. The number of nitrogens with two attached hydrogens (primary N) is 1. The van der Waals surface area contributed by atoms with Gasteiger partial charge in [-0.2, -0.15) is 0 Å². The van der Waals surface area contributed by atoms with E-state index in [1.54, 1.807) is 12.4 Å². The van der Waals surface area contributed by atoms with Gasteiger partial charge in [-0.1, -0.05) is 27.2 Å². The van der Waals surface area contributed by atoms with Crippen molar-refractivity contribution in [2.24, 2.45) is 10.9 Å². The minimum Gasteiger partial charge on any atom is -0.409 e. The van der Waals surface area contributed by atoms with Crippen LogP contribution >= 0.6 is 15.9 Å². The zero-order valence-corrected chi connectivity index (χ0v) is 11.9. The minimum atomic E-state index is 0.0777. The van der Waals surface area contributed by atoms with Gasteiger partial charge in [-0.15, -0.1) is 0 Å². The van der Waals surface area contributed by atoms with Crippen LogP contribution in [0.1, 0.15) is 5.56 Å². The van der Waals surface area contributed by atoms with Crippen molar-refractivity contribution in [3.05, 3.63) is 58.8 Å². The molecule has 0 unspecified atom stereocenters. The van der Waals surface area contributed by atoms with Crippen LogP contribution in [-0.4, -0.2) is 20.6 Å². The third-order valence-electron chi connectivity index (χ3n) is 3.04. The fourth-order valence-corrected chi connectivity index (χ4v) is 2.44. The highest BCUT2D eigenvalue weighted by molar-refractivity contribution is 9.10. The molecule has 0 amide bonds. The van der Waals surface area contributed by atoms with E-state index < -0.39 is 0 Å². The van der Waals surface area contributed by atoms with E-state index in [9.17, 15) is 0 Å². The highest BCUT2D eigenvalue weighted by atomic mass is 79.9. The fraction of sp³-hybridized carbons (Fsp3) is 0. The maximum atomic E-state index is 8.77. The molecule has 0 saturated carbocycles. The van der Waals surface area contributed by atoms with Crippen molar-refractivity contribution >= 4 is 32.8 Å². The Hall–Kier alpha value is -2.34. The van der Waals surface area contributed by atoms with Gasteiger partial charge >= 0.3 is 0 Å². The first kappa shape index (κ1) is 12.7. The van der Waals surface area contributed by atoms with Crippen molar-refractivity contribution < 1.29 is 5.21 Å². The molecule has 1 aromatic heterocycles. The van der Waals surface area contributed by atoms with Gasteiger partial charge in [0.1, 0.15) is 6.33 Å². The Labute approximate surface area is 123 Å². The summed E-state index contributed by atoms with van der Waals surface area (Å²) in [5, 5.41) is 11.8. The Morgan fingerprint density at radius 3 is 2.85 bits per heavy atom. The van der Waals surface area contributed by atoms with Gasteiger partial charge in [0, 0.05) is 15.7 Å². The molecule has 5 nitrogen and oxygen atoms in total. The lowest BCUT2D eigenvalue weighted by Gasteiger charge is -2.06. The first-order chi connectivity index (χ1) is 9.69. The minimum absolute atomic E-state index is 0.0777. The third kappa shape index (κ3) is 2.14. The number of fused-ring (bicyclic) bond motifs is 1. The summed E-state index contributed by atoms with van der Waals surface area (Å²) in [7, 11) is 0. The van der Waals surface area contributed by atoms with Gasteiger partial charge in [0.2, 0.25) is 0 Å². The summed E-state index contributed by atoms with van der Waals surface area (Å²) in [5.41, 5.74) is 9.01. The summed E-state index contributed by atoms with van der Waals surface area (Å²) in [4.78, 5) is 4.36. The first-order valence-electron chi connectivity index (χ1n) is 5.90. The van der Waals surface area contributed by atoms with Crippen LogP contribution in [0.3, 0.4) is 0 Å². The highest BCUT2D eigenvalue weighted by Crippen LogP contribution is 2.21. The maximum absolute atomic E-state index is 8.77. The number of hydrogen-bond acceptors (Lipinski definition) is 3. The Morgan fingerprint density at radius 1 is 1.25 bits per heavy atom. The number of halogens is 1. The van der Waals surface area contributed by atoms with Crippen LogP contribution in [0.2, 0.25) is 0 Å². The number of nitrogens with zero attached hydrogens (tertiary/aromatic N) is 3. The van der Waals surface area contributed by atoms with E-state index in [1.807, 2.05) is 41.0 Å². The Kier molecular flexibility index (Phi) is 3.15. The van der Waals surface area contributed by atoms with Crippen LogP contribution in [-0.2, 0) is 0 Å². The molecular formula is C14H11BrN4O. The molecule has 0 saturated heterocycles. The number of hydrogen-bond donors (Lipinski definition) is 2. The molecule has 3 rings (SSSR count). The Morgan fingerprint density at radius 2 is 2.10 bits per heavy atom. The lowest BCUT2D eigenvalue weighted by Crippen LogP contribution is -2.12. The standard InChI is InChI=1S/C14H11BrN4O/c15-10-2-1-3-11(7-10)19-8-17-12-5-4-9(6-13(12)19)14(16)18-20/h1-8,20H,(H2,16,18). The van der Waals surface area contributed by atoms with Crippen molar-refractivity contribution in [2.45, 2.75) is 0 Å². The molecule has 0 radical (unpaired) electrons. The van der Waals surface area contributed by atoms with Crippen molar-refractivity contribution in [2.75, 3.05) is 0 Å². The molecule has 0 spiro atoms. The number of rotatable bonds is 2. The van der Waals surface area contributed by atoms with E-state index in [0.717, 1.165) is 21.2 Å². The summed E-state index contributed by atoms with van der Waals surface area (Å²) >= 11 is 3.45. The number of benzene rings is 2. The van der Waals surface area contributed by atoms with Gasteiger partial charge < -0.3 is 10.9 Å². The molecule has 1 heterocycles. The van der Waals surface area contributed by atoms with Crippen LogP contribution in [0.5, 0.6) is 0 Å². The van der Waals surface area contributed by atoms with E-state index in [1.165, 1.54) is 0 Å². The number of oxime groups is 1. The zero-order chi connectivity index (χ0) is 14.1. The van der Waals surface area contributed by atoms with Crippen molar-refractivity contribution in [3.8, 4) is 5.69 Å². The van der Waals surface area contributed by atoms with E-state index in [4.69, 9.17) is 10.9 Å². The predicted molar refractivity (Wildman–Crippen MR) is 81.3 cm³/mol. The van der Waals surface area contributed by atoms with Crippen LogP contribution in [0.4, 0.5) is 0 Å². The van der Waals surface area contributed by atoms with Crippen molar-refractivity contribution in [3.63, 3.8) is 0 Å². The molecule has 20 heavy (non-hydrogen) atoms. The third-order valence-corrected chi connectivity index (χ3v) is 3.53. The van der Waals surface area contributed by atoms with Crippen LogP contribution in [0, 0.1) is 0 Å². The molecule has 6 heteroatoms. The SMILES string of the molecule is NC(=NO)c1ccc2ncn(-c3cccc(Br)c3)c2c1. The summed E-state index contributed by atoms with van der Waals surface area (Å²) in [5.74, 6) is 0.0777. The predicted octanol–water partition coefficient (Wildman–Crippen LogP) is 2.88. The molecule has 0 aliphatic carbocycles. The molecule has 0 bridgehead atoms. The Balaban J connectivity index is 2.21. The van der Waals surface area contributed by atoms with E-state index in [0.29, 0.717) is 5.56 Å². The van der Waals surface area contributed by atoms with Gasteiger partial charge in [0.15, 0.2) is 5.84 Å². The molecule has 0 aliphatic heterocycles. The zero-order valence-electron chi connectivity index (χ0n) is 10.4. The number of imidazole rings is 1. The van der Waals surface area contributed by atoms with E-state index >= 15 is 0 Å². The average molecular weight is 331 g/mol. The van der Waals surface area contributed by atoms with E-state index in [-0.39, 0.29) is 5.84 Å². The largest absolute Gasteiger partial charge is 0.409 e. The molecule has 3 aromatic rings. The Bertz CT molecular complexity index is 810. The van der Waals surface area contributed by atoms with Gasteiger partial charge in [0.05, 0.1) is 11.0 Å². The van der Waals surface area contributed by atoms with Crippen LogP contribution in [0.25, 0.3) is 16.7 Å². The first-order valence-corrected chi connectivity index (χ1v) is 6.69. The molecule has 2 aromatic carbocycles. The average Bonchev–Trinajstić information content (AvgIpc) is 2.89. The van der Waals surface area contributed by atoms with Gasteiger partial charge in [-0.25, -0.2) is 4.98 Å². The molecule has 3 N–H and O–H groups in total. The lowest BCUT2D eigenvalue weighted by atomic mass is 10.2. The fourth-order valence-electron chi connectivity index (χ4n) is 2.06. The second-order valence-electron chi connectivity index (χ2n) is 4.28. The molecule has 0 atom stereocenters. The second kappa shape index (κ2) is 4.97. The number of amidine groups is 1. The highest BCUT2D eigenvalue weighted by Gasteiger charge is 2.08. The lowest BCUT2D eigenvalue weighted by molar-refractivity contribution is 0.318. The smallest absolute Gasteiger partial charge is 0.170 e. The molecule has 0 aliphatic rings. The normalized spacial score (nSPS) is 11.9. The quantitative estimate of drug-likeness (QED) is 0.328. The van der Waals surface area contributed by atoms with Gasteiger partial charge in [-0.3, -0.25) is 4.57 Å². The van der Waals surface area contributed by atoms with Crippen molar-refractivity contribution in [1.29, 1.82) is 0 Å². The van der Waals surface area contributed by atoms with Crippen LogP contribution in [0.15, 0.2) is 58.4 Å². The second-order valence-corrected chi connectivity index (χ2v) is 5.20.